The Balaban J connectivity index is 2.33. The molecule has 0 aliphatic rings. The fraction of sp³-hybridized carbons (Fsp3) is 0.125. The maximum absolute atomic E-state index is 11.9. The Labute approximate surface area is 108 Å². The molecular weight excluding hydrogens is 280 g/mol. The molecule has 1 aromatic carbocycles. The largest absolute Gasteiger partial charge is 0.398 e. The normalized spacial score (nSPS) is 11.4. The maximum Gasteiger partial charge on any atom is 0.277 e. The van der Waals surface area contributed by atoms with E-state index in [9.17, 15) is 8.42 Å². The van der Waals surface area contributed by atoms with Gasteiger partial charge in [0.15, 0.2) is 0 Å². The predicted molar refractivity (Wildman–Crippen MR) is 65.5 cm³/mol. The fourth-order valence-electron chi connectivity index (χ4n) is 1.18. The summed E-state index contributed by atoms with van der Waals surface area (Å²) in [6, 6.07) is 3.98. The number of hydrogen-bond donors (Lipinski definition) is 2. The molecule has 3 N–H and O–H groups in total. The molecule has 0 amide bonds. The van der Waals surface area contributed by atoms with Gasteiger partial charge in [0.05, 0.1) is 22.7 Å². The molecule has 18 heavy (non-hydrogen) atoms. The Morgan fingerprint density at radius 2 is 2.17 bits per heavy atom. The van der Waals surface area contributed by atoms with Gasteiger partial charge in [-0.05, 0) is 23.4 Å². The number of aromatic nitrogens is 4. The average Bonchev–Trinajstić information content (AvgIpc) is 2.67. The van der Waals surface area contributed by atoms with E-state index >= 15 is 0 Å². The van der Waals surface area contributed by atoms with Crippen molar-refractivity contribution in [2.75, 3.05) is 10.5 Å². The van der Waals surface area contributed by atoms with Crippen LogP contribution in [0.5, 0.6) is 0 Å². The third-order valence-electron chi connectivity index (χ3n) is 2.02. The summed E-state index contributed by atoms with van der Waals surface area (Å²) in [4.78, 5) is 1.10. The van der Waals surface area contributed by atoms with Gasteiger partial charge in [-0.1, -0.05) is 16.7 Å². The Morgan fingerprint density at radius 3 is 2.72 bits per heavy atom. The van der Waals surface area contributed by atoms with Gasteiger partial charge in [0.25, 0.3) is 16.0 Å². The van der Waals surface area contributed by atoms with Crippen LogP contribution in [0, 0.1) is 0 Å². The number of nitrogens with one attached hydrogen (secondary N) is 1. The van der Waals surface area contributed by atoms with Crippen molar-refractivity contribution < 1.29 is 8.42 Å². The van der Waals surface area contributed by atoms with Crippen molar-refractivity contribution in [1.82, 2.24) is 20.2 Å². The van der Waals surface area contributed by atoms with Crippen LogP contribution >= 0.6 is 11.6 Å². The van der Waals surface area contributed by atoms with Crippen molar-refractivity contribution in [2.45, 2.75) is 4.90 Å². The number of sulfonamides is 1. The minimum atomic E-state index is -3.81. The first-order chi connectivity index (χ1) is 8.38. The Morgan fingerprint density at radius 1 is 1.44 bits per heavy atom. The number of nitrogens with two attached hydrogens (primary N) is 1. The van der Waals surface area contributed by atoms with Gasteiger partial charge >= 0.3 is 0 Å². The topological polar surface area (TPSA) is 116 Å². The highest BCUT2D eigenvalue weighted by atomic mass is 35.5. The molecule has 0 aliphatic carbocycles. The van der Waals surface area contributed by atoms with Gasteiger partial charge in [0.1, 0.15) is 0 Å². The first-order valence-corrected chi connectivity index (χ1v) is 6.56. The van der Waals surface area contributed by atoms with Gasteiger partial charge in [0.2, 0.25) is 0 Å². The molecule has 0 saturated carbocycles. The van der Waals surface area contributed by atoms with Crippen molar-refractivity contribution in [1.29, 1.82) is 0 Å². The minimum Gasteiger partial charge on any atom is -0.398 e. The van der Waals surface area contributed by atoms with Gasteiger partial charge in [-0.3, -0.25) is 0 Å². The van der Waals surface area contributed by atoms with Gasteiger partial charge in [-0.2, -0.15) is 4.80 Å². The van der Waals surface area contributed by atoms with Crippen LogP contribution in [-0.4, -0.2) is 28.6 Å². The number of tetrazole rings is 1. The number of nitrogens with zero attached hydrogens (tertiary/aromatic N) is 4. The predicted octanol–water partition coefficient (Wildman–Crippen LogP) is 0.247. The van der Waals surface area contributed by atoms with Crippen molar-refractivity contribution in [3.63, 3.8) is 0 Å². The molecule has 1 heterocycles. The number of halogens is 1. The highest BCUT2D eigenvalue weighted by Gasteiger charge is 2.17. The fourth-order valence-corrected chi connectivity index (χ4v) is 2.38. The molecule has 0 bridgehead atoms. The van der Waals surface area contributed by atoms with Crippen molar-refractivity contribution in [3.05, 3.63) is 23.2 Å². The zero-order chi connectivity index (χ0) is 13.3. The molecule has 0 unspecified atom stereocenters. The van der Waals surface area contributed by atoms with E-state index in [1.807, 2.05) is 0 Å². The van der Waals surface area contributed by atoms with Gasteiger partial charge in [0, 0.05) is 0 Å². The molecule has 0 fully saturated rings. The molecule has 1 aromatic heterocycles. The summed E-state index contributed by atoms with van der Waals surface area (Å²) in [7, 11) is -2.29. The summed E-state index contributed by atoms with van der Waals surface area (Å²) >= 11 is 5.76. The monoisotopic (exact) mass is 288 g/mol. The maximum atomic E-state index is 11.9. The molecule has 0 aliphatic heterocycles. The molecule has 0 atom stereocenters. The van der Waals surface area contributed by atoms with E-state index in [1.165, 1.54) is 25.2 Å². The van der Waals surface area contributed by atoms with Gasteiger partial charge in [-0.15, -0.1) is 5.10 Å². The molecule has 0 saturated heterocycles. The standard InChI is InChI=1S/C8H9ClN6O2S/c1-15-12-8(11-14-15)13-18(16,17)5-2-3-7(10)6(9)4-5/h2-4H,10H2,1H3,(H,12,13). The number of hydrogen-bond acceptors (Lipinski definition) is 6. The van der Waals surface area contributed by atoms with E-state index in [1.54, 1.807) is 0 Å². The van der Waals surface area contributed by atoms with E-state index in [0.29, 0.717) is 5.69 Å². The smallest absolute Gasteiger partial charge is 0.277 e. The molecule has 0 radical (unpaired) electrons. The first kappa shape index (κ1) is 12.6. The van der Waals surface area contributed by atoms with Crippen LogP contribution in [0.1, 0.15) is 0 Å². The summed E-state index contributed by atoms with van der Waals surface area (Å²) in [6.07, 6.45) is 0. The Hall–Kier alpha value is -1.87. The van der Waals surface area contributed by atoms with Crippen LogP contribution in [0.3, 0.4) is 0 Å². The third-order valence-corrected chi connectivity index (χ3v) is 3.67. The lowest BCUT2D eigenvalue weighted by atomic mass is 10.3. The molecule has 96 valence electrons. The van der Waals surface area contributed by atoms with Crippen LogP contribution in [0.4, 0.5) is 11.6 Å². The molecule has 8 nitrogen and oxygen atoms in total. The average molecular weight is 289 g/mol. The molecule has 2 aromatic rings. The summed E-state index contributed by atoms with van der Waals surface area (Å²) in [5, 5.41) is 10.9. The van der Waals surface area contributed by atoms with Crippen LogP contribution in [0.25, 0.3) is 0 Å². The SMILES string of the molecule is Cn1nnc(NS(=O)(=O)c2ccc(N)c(Cl)c2)n1. The lowest BCUT2D eigenvalue weighted by Gasteiger charge is -2.05. The summed E-state index contributed by atoms with van der Waals surface area (Å²) in [5.41, 5.74) is 5.80. The van der Waals surface area contributed by atoms with E-state index in [-0.39, 0.29) is 15.9 Å². The second-order valence-corrected chi connectivity index (χ2v) is 5.48. The number of rotatable bonds is 3. The van der Waals surface area contributed by atoms with Crippen molar-refractivity contribution >= 4 is 33.3 Å². The van der Waals surface area contributed by atoms with Gasteiger partial charge < -0.3 is 5.73 Å². The lowest BCUT2D eigenvalue weighted by Crippen LogP contribution is -2.14. The summed E-state index contributed by atoms with van der Waals surface area (Å²) < 4.78 is 26.1. The minimum absolute atomic E-state index is 0.0332. The first-order valence-electron chi connectivity index (χ1n) is 4.70. The highest BCUT2D eigenvalue weighted by molar-refractivity contribution is 7.92. The zero-order valence-electron chi connectivity index (χ0n) is 9.20. The molecular formula is C8H9ClN6O2S. The highest BCUT2D eigenvalue weighted by Crippen LogP contribution is 2.23. The summed E-state index contributed by atoms with van der Waals surface area (Å²) in [5.74, 6) is -0.120. The Bertz CT molecular complexity index is 683. The van der Waals surface area contributed by atoms with Crippen molar-refractivity contribution in [3.8, 4) is 0 Å². The zero-order valence-corrected chi connectivity index (χ0v) is 10.8. The van der Waals surface area contributed by atoms with Crippen LogP contribution in [-0.2, 0) is 17.1 Å². The second kappa shape index (κ2) is 4.42. The molecule has 0 spiro atoms. The second-order valence-electron chi connectivity index (χ2n) is 3.39. The lowest BCUT2D eigenvalue weighted by molar-refractivity contribution is 0.600. The third kappa shape index (κ3) is 2.51. The number of anilines is 2. The quantitative estimate of drug-likeness (QED) is 0.782. The number of aryl methyl sites for hydroxylation is 1. The van der Waals surface area contributed by atoms with E-state index in [0.717, 1.165) is 4.80 Å². The summed E-state index contributed by atoms with van der Waals surface area (Å²) in [6.45, 7) is 0. The molecule has 10 heteroatoms. The van der Waals surface area contributed by atoms with Crippen LogP contribution in [0.15, 0.2) is 23.1 Å². The van der Waals surface area contributed by atoms with Crippen LogP contribution < -0.4 is 10.5 Å². The van der Waals surface area contributed by atoms with Crippen LogP contribution in [0.2, 0.25) is 5.02 Å². The van der Waals surface area contributed by atoms with Crippen molar-refractivity contribution in [2.24, 2.45) is 7.05 Å². The molecule has 2 rings (SSSR count). The van der Waals surface area contributed by atoms with Gasteiger partial charge in [-0.25, -0.2) is 13.1 Å². The number of benzene rings is 1. The number of nitrogen functional groups attached to an aromatic ring is 1. The van der Waals surface area contributed by atoms with E-state index < -0.39 is 10.0 Å². The van der Waals surface area contributed by atoms with E-state index in [4.69, 9.17) is 17.3 Å². The van der Waals surface area contributed by atoms with E-state index in [2.05, 4.69) is 20.1 Å². The Kier molecular flexibility index (Phi) is 3.09.